The zero-order chi connectivity index (χ0) is 13.4. The van der Waals surface area contributed by atoms with Gasteiger partial charge in [-0.1, -0.05) is 12.1 Å². The van der Waals surface area contributed by atoms with Crippen LogP contribution in [0.2, 0.25) is 0 Å². The molecule has 0 saturated carbocycles. The number of unbranched alkanes of at least 4 members (excludes halogenated alkanes) is 1. The first-order valence-corrected chi connectivity index (χ1v) is 6.75. The summed E-state index contributed by atoms with van der Waals surface area (Å²) in [5.41, 5.74) is 1.72. The van der Waals surface area contributed by atoms with Crippen molar-refractivity contribution in [3.63, 3.8) is 0 Å². The largest absolute Gasteiger partial charge is 0.352 e. The molecule has 1 aromatic rings. The van der Waals surface area contributed by atoms with Crippen LogP contribution in [0.3, 0.4) is 0 Å². The number of benzene rings is 1. The first-order valence-electron chi connectivity index (χ1n) is 6.21. The third kappa shape index (κ3) is 5.52. The molecule has 0 atom stereocenters. The van der Waals surface area contributed by atoms with Gasteiger partial charge in [-0.3, -0.25) is 4.79 Å². The molecule has 0 aliphatic heterocycles. The maximum atomic E-state index is 11.8. The number of nitrogens with one attached hydrogen (secondary N) is 1. The first-order chi connectivity index (χ1) is 8.63. The van der Waals surface area contributed by atoms with Crippen molar-refractivity contribution in [2.75, 3.05) is 27.2 Å². The molecule has 0 bridgehead atoms. The number of carbonyl (C=O) groups excluding carboxylic acids is 1. The van der Waals surface area contributed by atoms with Crippen LogP contribution in [0, 0.1) is 0 Å². The van der Waals surface area contributed by atoms with Gasteiger partial charge in [-0.15, -0.1) is 11.6 Å². The highest BCUT2D eigenvalue weighted by Crippen LogP contribution is 2.06. The number of carbonyl (C=O) groups is 1. The molecule has 0 radical (unpaired) electrons. The fourth-order valence-electron chi connectivity index (χ4n) is 1.60. The average Bonchev–Trinajstić information content (AvgIpc) is 2.38. The second kappa shape index (κ2) is 8.11. The maximum Gasteiger partial charge on any atom is 0.251 e. The van der Waals surface area contributed by atoms with E-state index in [1.54, 1.807) is 0 Å². The average molecular weight is 269 g/mol. The Morgan fingerprint density at radius 1 is 1.22 bits per heavy atom. The predicted molar refractivity (Wildman–Crippen MR) is 76.1 cm³/mol. The predicted octanol–water partition coefficient (Wildman–Crippen LogP) is 2.50. The number of nitrogens with zero attached hydrogens (tertiary/aromatic N) is 1. The minimum absolute atomic E-state index is 0.0130. The molecule has 0 aliphatic carbocycles. The third-order valence-corrected chi connectivity index (χ3v) is 3.00. The van der Waals surface area contributed by atoms with E-state index in [-0.39, 0.29) is 5.91 Å². The number of hydrogen-bond donors (Lipinski definition) is 1. The van der Waals surface area contributed by atoms with E-state index in [1.165, 1.54) is 0 Å². The maximum absolute atomic E-state index is 11.8. The highest BCUT2D eigenvalue weighted by Gasteiger charge is 2.04. The summed E-state index contributed by atoms with van der Waals surface area (Å²) >= 11 is 5.70. The highest BCUT2D eigenvalue weighted by molar-refractivity contribution is 6.17. The number of rotatable bonds is 7. The summed E-state index contributed by atoms with van der Waals surface area (Å²) in [6.45, 7) is 1.78. The van der Waals surface area contributed by atoms with Gasteiger partial charge in [0, 0.05) is 18.0 Å². The van der Waals surface area contributed by atoms with Crippen molar-refractivity contribution >= 4 is 17.5 Å². The van der Waals surface area contributed by atoms with Gasteiger partial charge in [-0.05, 0) is 51.2 Å². The second-order valence-corrected chi connectivity index (χ2v) is 4.86. The van der Waals surface area contributed by atoms with Gasteiger partial charge < -0.3 is 10.2 Å². The Labute approximate surface area is 114 Å². The smallest absolute Gasteiger partial charge is 0.251 e. The number of alkyl halides is 1. The van der Waals surface area contributed by atoms with E-state index in [0.29, 0.717) is 11.4 Å². The molecule has 0 fully saturated rings. The summed E-state index contributed by atoms with van der Waals surface area (Å²) in [6, 6.07) is 7.39. The molecule has 0 unspecified atom stereocenters. The molecule has 0 heterocycles. The summed E-state index contributed by atoms with van der Waals surface area (Å²) in [5, 5.41) is 2.92. The van der Waals surface area contributed by atoms with Crippen molar-refractivity contribution in [2.45, 2.75) is 18.7 Å². The molecule has 0 spiro atoms. The van der Waals surface area contributed by atoms with E-state index < -0.39 is 0 Å². The standard InChI is InChI=1S/C14H21ClN2O/c1-17(2)10-4-3-9-16-14(18)13-7-5-12(11-15)6-8-13/h5-8H,3-4,9-11H2,1-2H3,(H,16,18). The van der Waals surface area contributed by atoms with E-state index >= 15 is 0 Å². The molecule has 0 aliphatic rings. The Morgan fingerprint density at radius 2 is 1.89 bits per heavy atom. The zero-order valence-corrected chi connectivity index (χ0v) is 11.8. The molecular formula is C14H21ClN2O. The monoisotopic (exact) mass is 268 g/mol. The van der Waals surface area contributed by atoms with E-state index in [0.717, 1.165) is 31.5 Å². The van der Waals surface area contributed by atoms with Gasteiger partial charge in [0.15, 0.2) is 0 Å². The molecule has 1 aromatic carbocycles. The van der Waals surface area contributed by atoms with Gasteiger partial charge >= 0.3 is 0 Å². The van der Waals surface area contributed by atoms with Crippen molar-refractivity contribution in [3.05, 3.63) is 35.4 Å². The van der Waals surface area contributed by atoms with Crippen LogP contribution in [0.25, 0.3) is 0 Å². The van der Waals surface area contributed by atoms with Crippen LogP contribution >= 0.6 is 11.6 Å². The number of hydrogen-bond acceptors (Lipinski definition) is 2. The molecule has 1 N–H and O–H groups in total. The summed E-state index contributed by atoms with van der Waals surface area (Å²) in [6.07, 6.45) is 2.10. The van der Waals surface area contributed by atoms with Crippen LogP contribution in [0.1, 0.15) is 28.8 Å². The van der Waals surface area contributed by atoms with E-state index in [2.05, 4.69) is 24.3 Å². The fourth-order valence-corrected chi connectivity index (χ4v) is 1.78. The molecule has 1 rings (SSSR count). The normalized spacial score (nSPS) is 10.7. The highest BCUT2D eigenvalue weighted by atomic mass is 35.5. The van der Waals surface area contributed by atoms with Crippen molar-refractivity contribution in [2.24, 2.45) is 0 Å². The molecule has 4 heteroatoms. The van der Waals surface area contributed by atoms with Crippen LogP contribution in [0.4, 0.5) is 0 Å². The van der Waals surface area contributed by atoms with Crippen molar-refractivity contribution in [1.29, 1.82) is 0 Å². The summed E-state index contributed by atoms with van der Waals surface area (Å²) in [4.78, 5) is 13.9. The Kier molecular flexibility index (Phi) is 6.76. The second-order valence-electron chi connectivity index (χ2n) is 4.60. The van der Waals surface area contributed by atoms with Crippen LogP contribution in [-0.2, 0) is 5.88 Å². The van der Waals surface area contributed by atoms with E-state index in [9.17, 15) is 4.79 Å². The molecule has 0 saturated heterocycles. The van der Waals surface area contributed by atoms with Crippen LogP contribution in [-0.4, -0.2) is 38.0 Å². The Morgan fingerprint density at radius 3 is 2.44 bits per heavy atom. The topological polar surface area (TPSA) is 32.3 Å². The third-order valence-electron chi connectivity index (χ3n) is 2.69. The molecule has 18 heavy (non-hydrogen) atoms. The van der Waals surface area contributed by atoms with Crippen LogP contribution < -0.4 is 5.32 Å². The quantitative estimate of drug-likeness (QED) is 0.609. The van der Waals surface area contributed by atoms with E-state index in [4.69, 9.17) is 11.6 Å². The SMILES string of the molecule is CN(C)CCCCNC(=O)c1ccc(CCl)cc1. The van der Waals surface area contributed by atoms with Gasteiger partial charge in [-0.2, -0.15) is 0 Å². The van der Waals surface area contributed by atoms with E-state index in [1.807, 2.05) is 24.3 Å². The van der Waals surface area contributed by atoms with Gasteiger partial charge in [0.2, 0.25) is 0 Å². The van der Waals surface area contributed by atoms with Crippen LogP contribution in [0.15, 0.2) is 24.3 Å². The van der Waals surface area contributed by atoms with Crippen LogP contribution in [0.5, 0.6) is 0 Å². The molecule has 3 nitrogen and oxygen atoms in total. The van der Waals surface area contributed by atoms with Crippen molar-refractivity contribution in [1.82, 2.24) is 10.2 Å². The molecule has 1 amide bonds. The summed E-state index contributed by atoms with van der Waals surface area (Å²) in [5.74, 6) is 0.466. The Balaban J connectivity index is 2.27. The minimum atomic E-state index is -0.0130. The first kappa shape index (κ1) is 15.0. The summed E-state index contributed by atoms with van der Waals surface area (Å²) in [7, 11) is 4.11. The van der Waals surface area contributed by atoms with Gasteiger partial charge in [0.25, 0.3) is 5.91 Å². The van der Waals surface area contributed by atoms with Gasteiger partial charge in [0.05, 0.1) is 0 Å². The minimum Gasteiger partial charge on any atom is -0.352 e. The van der Waals surface area contributed by atoms with Gasteiger partial charge in [0.1, 0.15) is 0 Å². The Bertz CT molecular complexity index is 363. The lowest BCUT2D eigenvalue weighted by atomic mass is 10.1. The zero-order valence-electron chi connectivity index (χ0n) is 11.1. The van der Waals surface area contributed by atoms with Crippen molar-refractivity contribution < 1.29 is 4.79 Å². The van der Waals surface area contributed by atoms with Crippen molar-refractivity contribution in [3.8, 4) is 0 Å². The number of amides is 1. The lowest BCUT2D eigenvalue weighted by Crippen LogP contribution is -2.25. The lowest BCUT2D eigenvalue weighted by molar-refractivity contribution is 0.0953. The number of halogens is 1. The van der Waals surface area contributed by atoms with Gasteiger partial charge in [-0.25, -0.2) is 0 Å². The lowest BCUT2D eigenvalue weighted by Gasteiger charge is -2.09. The molecular weight excluding hydrogens is 248 g/mol. The summed E-state index contributed by atoms with van der Waals surface area (Å²) < 4.78 is 0. The fraction of sp³-hybridized carbons (Fsp3) is 0.500. The molecule has 0 aromatic heterocycles. The Hall–Kier alpha value is -1.06. The molecule has 100 valence electrons.